The molecular weight excluding hydrogens is 279 g/mol. The van der Waals surface area contributed by atoms with Crippen molar-refractivity contribution < 1.29 is 4.39 Å². The molecule has 0 N–H and O–H groups in total. The van der Waals surface area contributed by atoms with Crippen LogP contribution in [0.3, 0.4) is 0 Å². The van der Waals surface area contributed by atoms with Crippen LogP contribution in [0.15, 0.2) is 24.3 Å². The topological polar surface area (TPSA) is 0 Å². The summed E-state index contributed by atoms with van der Waals surface area (Å²) in [7, 11) is 0. The Morgan fingerprint density at radius 3 is 2.71 bits per heavy atom. The molecule has 1 aromatic carbocycles. The van der Waals surface area contributed by atoms with E-state index in [4.69, 9.17) is 0 Å². The van der Waals surface area contributed by atoms with Crippen LogP contribution in [0.25, 0.3) is 0 Å². The van der Waals surface area contributed by atoms with Crippen molar-refractivity contribution in [1.29, 1.82) is 0 Å². The van der Waals surface area contributed by atoms with Gasteiger partial charge in [0.15, 0.2) is 0 Å². The molecule has 0 spiro atoms. The normalized spacial score (nSPS) is 19.2. The Bertz CT molecular complexity index is 345. The van der Waals surface area contributed by atoms with E-state index in [1.165, 1.54) is 44.6 Å². The number of hydrogen-bond donors (Lipinski definition) is 0. The van der Waals surface area contributed by atoms with Crippen molar-refractivity contribution in [3.8, 4) is 0 Å². The number of rotatable bonds is 4. The van der Waals surface area contributed by atoms with Crippen LogP contribution in [0.5, 0.6) is 0 Å². The highest BCUT2D eigenvalue weighted by Gasteiger charge is 2.17. The van der Waals surface area contributed by atoms with Crippen LogP contribution in [0.4, 0.5) is 4.39 Å². The maximum absolute atomic E-state index is 13.1. The highest BCUT2D eigenvalue weighted by atomic mass is 79.9. The highest BCUT2D eigenvalue weighted by molar-refractivity contribution is 9.09. The molecule has 0 radical (unpaired) electrons. The second-order valence-corrected chi connectivity index (χ2v) is 6.47. The zero-order chi connectivity index (χ0) is 12.1. The molecule has 1 unspecified atom stereocenters. The Morgan fingerprint density at radius 1 is 1.24 bits per heavy atom. The van der Waals surface area contributed by atoms with Gasteiger partial charge in [-0.1, -0.05) is 60.2 Å². The Morgan fingerprint density at radius 2 is 2.00 bits per heavy atom. The summed E-state index contributed by atoms with van der Waals surface area (Å²) in [5.41, 5.74) is 1.10. The molecule has 2 rings (SSSR count). The monoisotopic (exact) mass is 298 g/mol. The summed E-state index contributed by atoms with van der Waals surface area (Å²) in [4.78, 5) is 0.493. The van der Waals surface area contributed by atoms with Crippen molar-refractivity contribution >= 4 is 15.9 Å². The van der Waals surface area contributed by atoms with Gasteiger partial charge in [0.1, 0.15) is 5.82 Å². The summed E-state index contributed by atoms with van der Waals surface area (Å²) in [5, 5.41) is 0. The molecule has 0 nitrogen and oxygen atoms in total. The zero-order valence-electron chi connectivity index (χ0n) is 10.2. The maximum atomic E-state index is 13.1. The van der Waals surface area contributed by atoms with Gasteiger partial charge in [0.05, 0.1) is 0 Å². The van der Waals surface area contributed by atoms with Crippen LogP contribution < -0.4 is 0 Å². The van der Waals surface area contributed by atoms with Gasteiger partial charge in [-0.2, -0.15) is 0 Å². The van der Waals surface area contributed by atoms with E-state index in [-0.39, 0.29) is 5.82 Å². The van der Waals surface area contributed by atoms with Gasteiger partial charge in [-0.3, -0.25) is 0 Å². The van der Waals surface area contributed by atoms with Crippen molar-refractivity contribution in [2.24, 2.45) is 5.92 Å². The first-order valence-electron chi connectivity index (χ1n) is 6.62. The summed E-state index contributed by atoms with van der Waals surface area (Å²) in [6, 6.07) is 6.96. The first-order valence-corrected chi connectivity index (χ1v) is 7.54. The minimum Gasteiger partial charge on any atom is -0.207 e. The third-order valence-electron chi connectivity index (χ3n) is 3.66. The summed E-state index contributed by atoms with van der Waals surface area (Å²) < 4.78 is 13.1. The average Bonchev–Trinajstić information content (AvgIpc) is 2.30. The predicted octanol–water partition coefficient (Wildman–Crippen LogP) is 5.10. The highest BCUT2D eigenvalue weighted by Crippen LogP contribution is 2.30. The van der Waals surface area contributed by atoms with E-state index >= 15 is 0 Å². The second kappa shape index (κ2) is 6.53. The molecule has 1 aliphatic carbocycles. The molecule has 94 valence electrons. The van der Waals surface area contributed by atoms with Crippen LogP contribution in [-0.2, 0) is 6.42 Å². The van der Waals surface area contributed by atoms with Gasteiger partial charge in [-0.05, 0) is 36.5 Å². The molecule has 1 fully saturated rings. The van der Waals surface area contributed by atoms with Gasteiger partial charge in [-0.25, -0.2) is 4.39 Å². The van der Waals surface area contributed by atoms with E-state index in [0.717, 1.165) is 17.9 Å². The Balaban J connectivity index is 1.82. The van der Waals surface area contributed by atoms with Crippen LogP contribution in [-0.4, -0.2) is 4.83 Å². The largest absolute Gasteiger partial charge is 0.207 e. The molecule has 1 aromatic rings. The fraction of sp³-hybridized carbons (Fsp3) is 0.600. The lowest BCUT2D eigenvalue weighted by Gasteiger charge is -2.23. The van der Waals surface area contributed by atoms with Crippen molar-refractivity contribution in [2.75, 3.05) is 0 Å². The van der Waals surface area contributed by atoms with E-state index in [1.807, 2.05) is 6.07 Å². The summed E-state index contributed by atoms with van der Waals surface area (Å²) in [6.45, 7) is 0. The van der Waals surface area contributed by atoms with Gasteiger partial charge in [0.25, 0.3) is 0 Å². The molecule has 1 aliphatic rings. The molecule has 1 saturated carbocycles. The standard InChI is InChI=1S/C15H20BrF/c16-14(9-12-5-2-1-3-6-12)10-13-7-4-8-15(17)11-13/h4,7-8,11-12,14H,1-3,5-6,9-10H2. The Hall–Kier alpha value is -0.370. The summed E-state index contributed by atoms with van der Waals surface area (Å²) in [6.07, 6.45) is 9.13. The number of alkyl halides is 1. The average molecular weight is 299 g/mol. The summed E-state index contributed by atoms with van der Waals surface area (Å²) in [5.74, 6) is 0.751. The van der Waals surface area contributed by atoms with E-state index in [9.17, 15) is 4.39 Å². The lowest BCUT2D eigenvalue weighted by Crippen LogP contribution is -2.13. The lowest BCUT2D eigenvalue weighted by atomic mass is 9.85. The minimum atomic E-state index is -0.125. The van der Waals surface area contributed by atoms with E-state index in [0.29, 0.717) is 4.83 Å². The quantitative estimate of drug-likeness (QED) is 0.678. The zero-order valence-corrected chi connectivity index (χ0v) is 11.8. The van der Waals surface area contributed by atoms with Crippen molar-refractivity contribution in [3.05, 3.63) is 35.6 Å². The van der Waals surface area contributed by atoms with Crippen molar-refractivity contribution in [2.45, 2.75) is 49.8 Å². The van der Waals surface area contributed by atoms with Gasteiger partial charge < -0.3 is 0 Å². The van der Waals surface area contributed by atoms with E-state index in [2.05, 4.69) is 15.9 Å². The number of hydrogen-bond acceptors (Lipinski definition) is 0. The van der Waals surface area contributed by atoms with Crippen LogP contribution in [0.1, 0.15) is 44.1 Å². The fourth-order valence-corrected chi connectivity index (χ4v) is 3.69. The molecule has 2 heteroatoms. The maximum Gasteiger partial charge on any atom is 0.123 e. The molecule has 0 amide bonds. The third-order valence-corrected chi connectivity index (χ3v) is 4.36. The molecule has 0 aliphatic heterocycles. The van der Waals surface area contributed by atoms with Gasteiger partial charge >= 0.3 is 0 Å². The molecule has 0 saturated heterocycles. The fourth-order valence-electron chi connectivity index (χ4n) is 2.79. The smallest absolute Gasteiger partial charge is 0.123 e. The Labute approximate surface area is 112 Å². The molecule has 17 heavy (non-hydrogen) atoms. The van der Waals surface area contributed by atoms with Crippen molar-refractivity contribution in [1.82, 2.24) is 0 Å². The van der Waals surface area contributed by atoms with E-state index in [1.54, 1.807) is 12.1 Å². The molecule has 0 heterocycles. The molecule has 1 atom stereocenters. The molecule has 0 bridgehead atoms. The number of halogens is 2. The summed E-state index contributed by atoms with van der Waals surface area (Å²) >= 11 is 3.75. The van der Waals surface area contributed by atoms with E-state index < -0.39 is 0 Å². The van der Waals surface area contributed by atoms with Gasteiger partial charge in [0.2, 0.25) is 0 Å². The molecular formula is C15H20BrF. The number of benzene rings is 1. The van der Waals surface area contributed by atoms with Crippen molar-refractivity contribution in [3.63, 3.8) is 0 Å². The predicted molar refractivity (Wildman–Crippen MR) is 74.0 cm³/mol. The van der Waals surface area contributed by atoms with Gasteiger partial charge in [-0.15, -0.1) is 0 Å². The molecule has 0 aromatic heterocycles. The Kier molecular flexibility index (Phi) is 5.02. The van der Waals surface area contributed by atoms with Crippen LogP contribution in [0, 0.1) is 11.7 Å². The van der Waals surface area contributed by atoms with Gasteiger partial charge in [0, 0.05) is 4.83 Å². The van der Waals surface area contributed by atoms with Crippen LogP contribution in [0.2, 0.25) is 0 Å². The third kappa shape index (κ3) is 4.42. The second-order valence-electron chi connectivity index (χ2n) is 5.17. The lowest BCUT2D eigenvalue weighted by molar-refractivity contribution is 0.337. The first-order chi connectivity index (χ1) is 8.24. The first kappa shape index (κ1) is 13.1. The minimum absolute atomic E-state index is 0.125. The SMILES string of the molecule is Fc1cccc(CC(Br)CC2CCCCC2)c1. The van der Waals surface area contributed by atoms with Crippen LogP contribution >= 0.6 is 15.9 Å².